The Kier molecular flexibility index (Phi) is 3.32. The zero-order chi connectivity index (χ0) is 18.0. The quantitative estimate of drug-likeness (QED) is 0.807. The highest BCUT2D eigenvalue weighted by atomic mass is 19.3. The van der Waals surface area contributed by atoms with E-state index >= 15 is 0 Å². The number of nitrogens with two attached hydrogens (primary N) is 1. The first kappa shape index (κ1) is 16.2. The number of fused-ring (bicyclic) bond motifs is 3. The first-order valence-corrected chi connectivity index (χ1v) is 7.83. The fourth-order valence-corrected chi connectivity index (χ4v) is 3.74. The molecule has 1 saturated carbocycles. The number of hydroxylamine groups is 2. The van der Waals surface area contributed by atoms with Gasteiger partial charge < -0.3 is 20.3 Å². The highest BCUT2D eigenvalue weighted by Crippen LogP contribution is 2.62. The van der Waals surface area contributed by atoms with E-state index in [0.717, 1.165) is 12.8 Å². The van der Waals surface area contributed by atoms with Crippen molar-refractivity contribution in [2.45, 2.75) is 44.0 Å². The van der Waals surface area contributed by atoms with Crippen molar-refractivity contribution in [3.8, 4) is 0 Å². The summed E-state index contributed by atoms with van der Waals surface area (Å²) < 4.78 is 32.1. The summed E-state index contributed by atoms with van der Waals surface area (Å²) in [5.41, 5.74) is 5.63. The van der Waals surface area contributed by atoms with Crippen LogP contribution in [0.1, 0.15) is 36.8 Å². The van der Waals surface area contributed by atoms with Crippen LogP contribution in [0.2, 0.25) is 0 Å². The summed E-state index contributed by atoms with van der Waals surface area (Å²) in [6, 6.07) is -0.203. The summed E-state index contributed by atoms with van der Waals surface area (Å²) in [4.78, 5) is 28.9. The molecule has 0 unspecified atom stereocenters. The molecule has 0 aromatic carbocycles. The Hall–Kier alpha value is -2.27. The van der Waals surface area contributed by atoms with Crippen molar-refractivity contribution in [3.63, 3.8) is 0 Å². The van der Waals surface area contributed by atoms with Crippen molar-refractivity contribution in [2.24, 2.45) is 11.1 Å². The Morgan fingerprint density at radius 1 is 1.56 bits per heavy atom. The minimum atomic E-state index is -4.47. The minimum absolute atomic E-state index is 0.154. The Morgan fingerprint density at radius 2 is 2.28 bits per heavy atom. The van der Waals surface area contributed by atoms with Crippen LogP contribution in [0, 0.1) is 5.41 Å². The van der Waals surface area contributed by atoms with Crippen molar-refractivity contribution >= 4 is 12.0 Å². The zero-order valence-electron chi connectivity index (χ0n) is 13.0. The smallest absolute Gasteiger partial charge is 0.475 e. The molecule has 25 heavy (non-hydrogen) atoms. The Morgan fingerprint density at radius 3 is 2.84 bits per heavy atom. The topological polar surface area (TPSA) is 122 Å². The molecule has 11 heteroatoms. The van der Waals surface area contributed by atoms with Gasteiger partial charge in [-0.1, -0.05) is 5.16 Å². The molecule has 2 amide bonds. The molecule has 9 nitrogen and oxygen atoms in total. The third-order valence-corrected chi connectivity index (χ3v) is 5.24. The Bertz CT molecular complexity index is 735. The van der Waals surface area contributed by atoms with Gasteiger partial charge in [0.15, 0.2) is 5.76 Å². The Balaban J connectivity index is 1.64. The number of urea groups is 1. The van der Waals surface area contributed by atoms with Crippen molar-refractivity contribution in [2.75, 3.05) is 6.54 Å². The van der Waals surface area contributed by atoms with Crippen molar-refractivity contribution in [3.05, 3.63) is 17.5 Å². The molecule has 3 heterocycles. The van der Waals surface area contributed by atoms with Gasteiger partial charge in [0, 0.05) is 12.6 Å². The third-order valence-electron chi connectivity index (χ3n) is 5.24. The molecule has 2 saturated heterocycles. The largest absolute Gasteiger partial charge is 0.476 e. The number of aromatic nitrogens is 1. The highest BCUT2D eigenvalue weighted by molar-refractivity contribution is 5.78. The standard InChI is InChI=1S/C14H16F2N4O5/c15-14(16,11(21)22)25-20-10-6-19(12(20)23)9(4-13(10)1-2-13)8-3-7(5-17)24-18-8/h3,9-10H,1-2,4-6,17H2,(H,21,22)/t9-,10-/m0/s1. The fraction of sp³-hybridized carbons (Fsp3) is 0.643. The van der Waals surface area contributed by atoms with Crippen molar-refractivity contribution in [1.82, 2.24) is 15.1 Å². The maximum Gasteiger partial charge on any atom is 0.476 e. The number of carbonyl (C=O) groups is 2. The molecule has 2 aliphatic heterocycles. The number of carboxylic acid groups (broad SMARTS) is 1. The summed E-state index contributed by atoms with van der Waals surface area (Å²) in [6.45, 7) is 0.325. The van der Waals surface area contributed by atoms with E-state index in [1.165, 1.54) is 4.90 Å². The number of carbonyl (C=O) groups excluding carboxylic acids is 1. The van der Waals surface area contributed by atoms with Gasteiger partial charge in [-0.25, -0.2) is 9.59 Å². The molecule has 136 valence electrons. The molecule has 2 atom stereocenters. The number of nitrogens with zero attached hydrogens (tertiary/aromatic N) is 3. The van der Waals surface area contributed by atoms with Crippen LogP contribution in [0.25, 0.3) is 0 Å². The van der Waals surface area contributed by atoms with E-state index in [0.29, 0.717) is 22.9 Å². The van der Waals surface area contributed by atoms with Crippen molar-refractivity contribution < 1.29 is 32.8 Å². The second-order valence-electron chi connectivity index (χ2n) is 6.69. The van der Waals surface area contributed by atoms with Crippen LogP contribution in [0.3, 0.4) is 0 Å². The maximum atomic E-state index is 13.5. The van der Waals surface area contributed by atoms with Gasteiger partial charge in [-0.05, 0) is 24.7 Å². The monoisotopic (exact) mass is 358 g/mol. The summed E-state index contributed by atoms with van der Waals surface area (Å²) in [5, 5.41) is 13.0. The molecule has 2 bridgehead atoms. The lowest BCUT2D eigenvalue weighted by Gasteiger charge is -2.35. The van der Waals surface area contributed by atoms with Crippen LogP contribution >= 0.6 is 0 Å². The number of hydrogen-bond acceptors (Lipinski definition) is 6. The zero-order valence-corrected chi connectivity index (χ0v) is 13.0. The lowest BCUT2D eigenvalue weighted by molar-refractivity contribution is -0.330. The molecule has 3 fully saturated rings. The fourth-order valence-electron chi connectivity index (χ4n) is 3.74. The van der Waals surface area contributed by atoms with Gasteiger partial charge in [0.1, 0.15) is 5.69 Å². The Labute approximate surface area is 140 Å². The van der Waals surface area contributed by atoms with Crippen LogP contribution in [0.15, 0.2) is 10.6 Å². The molecule has 1 spiro atoms. The molecule has 3 N–H and O–H groups in total. The first-order valence-electron chi connectivity index (χ1n) is 7.83. The highest BCUT2D eigenvalue weighted by Gasteiger charge is 2.65. The third kappa shape index (κ3) is 2.37. The number of piperidine rings is 1. The van der Waals surface area contributed by atoms with E-state index in [9.17, 15) is 18.4 Å². The van der Waals surface area contributed by atoms with Gasteiger partial charge in [-0.2, -0.15) is 18.7 Å². The van der Waals surface area contributed by atoms with E-state index in [-0.39, 0.29) is 18.5 Å². The summed E-state index contributed by atoms with van der Waals surface area (Å²) >= 11 is 0. The van der Waals surface area contributed by atoms with E-state index < -0.39 is 30.2 Å². The van der Waals surface area contributed by atoms with Gasteiger partial charge >= 0.3 is 18.1 Å². The molecule has 1 aliphatic carbocycles. The van der Waals surface area contributed by atoms with Crippen LogP contribution in [-0.2, 0) is 16.2 Å². The molecule has 3 aliphatic rings. The predicted octanol–water partition coefficient (Wildman–Crippen LogP) is 1.07. The van der Waals surface area contributed by atoms with Gasteiger partial charge in [0.05, 0.1) is 18.6 Å². The summed E-state index contributed by atoms with van der Waals surface area (Å²) in [7, 11) is 0. The second kappa shape index (κ2) is 5.11. The van der Waals surface area contributed by atoms with Gasteiger partial charge in [-0.3, -0.25) is 0 Å². The number of hydrogen-bond donors (Lipinski definition) is 2. The molecule has 1 aromatic rings. The number of amides is 2. The van der Waals surface area contributed by atoms with E-state index in [4.69, 9.17) is 15.4 Å². The second-order valence-corrected chi connectivity index (χ2v) is 6.69. The van der Waals surface area contributed by atoms with Crippen LogP contribution in [-0.4, -0.2) is 50.9 Å². The van der Waals surface area contributed by atoms with Gasteiger partial charge in [0.2, 0.25) is 0 Å². The van der Waals surface area contributed by atoms with E-state index in [2.05, 4.69) is 9.99 Å². The molecular formula is C14H16F2N4O5. The van der Waals surface area contributed by atoms with Gasteiger partial charge in [0.25, 0.3) is 0 Å². The van der Waals surface area contributed by atoms with E-state index in [1.807, 2.05) is 0 Å². The number of rotatable bonds is 5. The molecular weight excluding hydrogens is 342 g/mol. The number of alkyl halides is 2. The van der Waals surface area contributed by atoms with Gasteiger partial charge in [-0.15, -0.1) is 0 Å². The lowest BCUT2D eigenvalue weighted by atomic mass is 9.84. The summed E-state index contributed by atoms with van der Waals surface area (Å²) in [5.74, 6) is -1.98. The van der Waals surface area contributed by atoms with Crippen LogP contribution < -0.4 is 5.73 Å². The summed E-state index contributed by atoms with van der Waals surface area (Å²) in [6.07, 6.45) is -2.45. The number of halogens is 2. The molecule has 0 radical (unpaired) electrons. The van der Waals surface area contributed by atoms with Crippen LogP contribution in [0.5, 0.6) is 0 Å². The number of aliphatic carboxylic acids is 1. The van der Waals surface area contributed by atoms with Crippen LogP contribution in [0.4, 0.5) is 13.6 Å². The SMILES string of the molecule is NCc1cc([C@@H]2CC3(CC3)[C@@H]3CN2C(=O)N3OC(F)(F)C(=O)O)no1. The predicted molar refractivity (Wildman–Crippen MR) is 74.8 cm³/mol. The lowest BCUT2D eigenvalue weighted by Crippen LogP contribution is -2.47. The molecule has 4 rings (SSSR count). The van der Waals surface area contributed by atoms with Crippen molar-refractivity contribution in [1.29, 1.82) is 0 Å². The molecule has 1 aromatic heterocycles. The average Bonchev–Trinajstić information content (AvgIpc) is 3.06. The average molecular weight is 358 g/mol. The van der Waals surface area contributed by atoms with E-state index in [1.54, 1.807) is 6.07 Å². The normalized spacial score (nSPS) is 27.2. The first-order chi connectivity index (χ1) is 11.8. The minimum Gasteiger partial charge on any atom is -0.475 e. The number of carboxylic acids is 1. The maximum absolute atomic E-state index is 13.5.